The van der Waals surface area contributed by atoms with E-state index in [1.807, 2.05) is 11.3 Å². The Balaban J connectivity index is 2.44. The van der Waals surface area contributed by atoms with Gasteiger partial charge in [0.2, 0.25) is 0 Å². The van der Waals surface area contributed by atoms with Crippen molar-refractivity contribution in [3.8, 4) is 0 Å². The Kier molecular flexibility index (Phi) is 9.03. The molecule has 0 amide bonds. The van der Waals surface area contributed by atoms with Gasteiger partial charge >= 0.3 is 0 Å². The third-order valence-electron chi connectivity index (χ3n) is 2.87. The zero-order chi connectivity index (χ0) is 13.9. The van der Waals surface area contributed by atoms with Crippen LogP contribution in [0, 0.1) is 0 Å². The highest BCUT2D eigenvalue weighted by Crippen LogP contribution is 2.18. The van der Waals surface area contributed by atoms with Crippen LogP contribution in [0.4, 0.5) is 0 Å². The first kappa shape index (κ1) is 16.6. The van der Waals surface area contributed by atoms with Crippen molar-refractivity contribution in [1.82, 2.24) is 10.2 Å². The Bertz CT molecular complexity index is 323. The lowest BCUT2D eigenvalue weighted by molar-refractivity contribution is 0.111. The summed E-state index contributed by atoms with van der Waals surface area (Å²) in [4.78, 5) is 5.17. The minimum atomic E-state index is 0.763. The predicted octanol–water partition coefficient (Wildman–Crippen LogP) is 1.95. The number of hydrogen-bond donors (Lipinski definition) is 1. The molecule has 0 aliphatic rings. The van der Waals surface area contributed by atoms with Crippen LogP contribution in [0.25, 0.3) is 0 Å². The monoisotopic (exact) mass is 286 g/mol. The Hall–Kier alpha value is -0.460. The fourth-order valence-electron chi connectivity index (χ4n) is 1.78. The molecule has 0 aliphatic carbocycles. The van der Waals surface area contributed by atoms with Crippen LogP contribution in [0.3, 0.4) is 0 Å². The van der Waals surface area contributed by atoms with Gasteiger partial charge < -0.3 is 14.8 Å². The zero-order valence-corrected chi connectivity index (χ0v) is 13.1. The molecule has 0 saturated heterocycles. The van der Waals surface area contributed by atoms with Crippen LogP contribution < -0.4 is 5.32 Å². The Morgan fingerprint density at radius 3 is 2.32 bits per heavy atom. The summed E-state index contributed by atoms with van der Waals surface area (Å²) in [5, 5.41) is 3.36. The summed E-state index contributed by atoms with van der Waals surface area (Å²) in [5.41, 5.74) is 0. The number of methoxy groups -OCH3 is 2. The second kappa shape index (κ2) is 10.3. The van der Waals surface area contributed by atoms with Gasteiger partial charge in [-0.25, -0.2) is 0 Å². The molecule has 110 valence electrons. The number of ether oxygens (including phenoxy) is 2. The quantitative estimate of drug-likeness (QED) is 0.674. The van der Waals surface area contributed by atoms with E-state index in [2.05, 4.69) is 29.3 Å². The molecule has 0 aromatic carbocycles. The molecule has 5 heteroatoms. The fourth-order valence-corrected chi connectivity index (χ4v) is 2.81. The second-order valence-corrected chi connectivity index (χ2v) is 5.66. The first-order valence-electron chi connectivity index (χ1n) is 6.78. The van der Waals surface area contributed by atoms with E-state index in [4.69, 9.17) is 9.47 Å². The first-order chi connectivity index (χ1) is 9.30. The lowest BCUT2D eigenvalue weighted by Crippen LogP contribution is -2.29. The lowest BCUT2D eigenvalue weighted by Gasteiger charge is -2.20. The molecule has 0 spiro atoms. The first-order valence-corrected chi connectivity index (χ1v) is 7.60. The minimum Gasteiger partial charge on any atom is -0.383 e. The average Bonchev–Trinajstić information content (AvgIpc) is 2.87. The topological polar surface area (TPSA) is 33.7 Å². The van der Waals surface area contributed by atoms with E-state index in [0.29, 0.717) is 0 Å². The highest BCUT2D eigenvalue weighted by Gasteiger charge is 2.08. The van der Waals surface area contributed by atoms with Gasteiger partial charge in [-0.3, -0.25) is 4.90 Å². The van der Waals surface area contributed by atoms with Gasteiger partial charge in [-0.2, -0.15) is 0 Å². The summed E-state index contributed by atoms with van der Waals surface area (Å²) in [5.74, 6) is 0. The largest absolute Gasteiger partial charge is 0.383 e. The van der Waals surface area contributed by atoms with E-state index in [9.17, 15) is 0 Å². The maximum absolute atomic E-state index is 5.16. The van der Waals surface area contributed by atoms with Crippen molar-refractivity contribution in [3.05, 3.63) is 21.9 Å². The average molecular weight is 286 g/mol. The molecule has 0 unspecified atom stereocenters. The Labute approximate surface area is 120 Å². The molecule has 0 fully saturated rings. The van der Waals surface area contributed by atoms with Crippen molar-refractivity contribution in [3.63, 3.8) is 0 Å². The van der Waals surface area contributed by atoms with Crippen LogP contribution in [0.5, 0.6) is 0 Å². The van der Waals surface area contributed by atoms with Crippen LogP contribution in [-0.2, 0) is 22.6 Å². The normalized spacial score (nSPS) is 11.4. The van der Waals surface area contributed by atoms with Gasteiger partial charge in [-0.05, 0) is 18.7 Å². The predicted molar refractivity (Wildman–Crippen MR) is 80.7 cm³/mol. The van der Waals surface area contributed by atoms with Crippen molar-refractivity contribution >= 4 is 11.3 Å². The third kappa shape index (κ3) is 7.03. The second-order valence-electron chi connectivity index (χ2n) is 4.41. The zero-order valence-electron chi connectivity index (χ0n) is 12.3. The van der Waals surface area contributed by atoms with Crippen molar-refractivity contribution in [2.45, 2.75) is 20.0 Å². The summed E-state index contributed by atoms with van der Waals surface area (Å²) in [6.45, 7) is 8.51. The van der Waals surface area contributed by atoms with Crippen LogP contribution in [0.2, 0.25) is 0 Å². The molecule has 0 saturated carbocycles. The van der Waals surface area contributed by atoms with E-state index < -0.39 is 0 Å². The molecule has 4 nitrogen and oxygen atoms in total. The van der Waals surface area contributed by atoms with Crippen molar-refractivity contribution in [1.29, 1.82) is 0 Å². The van der Waals surface area contributed by atoms with Crippen LogP contribution in [0.15, 0.2) is 12.1 Å². The number of rotatable bonds is 11. The maximum Gasteiger partial charge on any atom is 0.0589 e. The molecule has 0 radical (unpaired) electrons. The molecule has 0 bridgehead atoms. The van der Waals surface area contributed by atoms with Gasteiger partial charge in [0, 0.05) is 50.2 Å². The molecule has 19 heavy (non-hydrogen) atoms. The number of hydrogen-bond acceptors (Lipinski definition) is 5. The maximum atomic E-state index is 5.16. The van der Waals surface area contributed by atoms with E-state index in [0.717, 1.165) is 45.9 Å². The minimum absolute atomic E-state index is 0.763. The third-order valence-corrected chi connectivity index (χ3v) is 3.94. The van der Waals surface area contributed by atoms with Crippen molar-refractivity contribution in [2.75, 3.05) is 47.1 Å². The summed E-state index contributed by atoms with van der Waals surface area (Å²) in [7, 11) is 3.49. The number of nitrogens with zero attached hydrogens (tertiary/aromatic N) is 1. The summed E-state index contributed by atoms with van der Waals surface area (Å²) >= 11 is 1.88. The molecular weight excluding hydrogens is 260 g/mol. The fraction of sp³-hybridized carbons (Fsp3) is 0.714. The highest BCUT2D eigenvalue weighted by atomic mass is 32.1. The van der Waals surface area contributed by atoms with Crippen LogP contribution >= 0.6 is 11.3 Å². The van der Waals surface area contributed by atoms with Gasteiger partial charge in [-0.1, -0.05) is 6.92 Å². The van der Waals surface area contributed by atoms with Gasteiger partial charge in [-0.15, -0.1) is 11.3 Å². The van der Waals surface area contributed by atoms with Crippen LogP contribution in [-0.4, -0.2) is 52.0 Å². The van der Waals surface area contributed by atoms with Gasteiger partial charge in [0.15, 0.2) is 0 Å². The molecular formula is C14H26N2O2S. The molecule has 0 atom stereocenters. The Morgan fingerprint density at radius 1 is 1.11 bits per heavy atom. The van der Waals surface area contributed by atoms with Gasteiger partial charge in [0.25, 0.3) is 0 Å². The number of nitrogens with one attached hydrogen (secondary N) is 1. The molecule has 0 aliphatic heterocycles. The summed E-state index contributed by atoms with van der Waals surface area (Å²) < 4.78 is 10.3. The summed E-state index contributed by atoms with van der Waals surface area (Å²) in [6.07, 6.45) is 0. The van der Waals surface area contributed by atoms with E-state index >= 15 is 0 Å². The van der Waals surface area contributed by atoms with Gasteiger partial charge in [0.05, 0.1) is 13.2 Å². The lowest BCUT2D eigenvalue weighted by atomic mass is 10.3. The Morgan fingerprint density at radius 2 is 1.74 bits per heavy atom. The van der Waals surface area contributed by atoms with Gasteiger partial charge in [0.1, 0.15) is 0 Å². The molecule has 1 aromatic rings. The highest BCUT2D eigenvalue weighted by molar-refractivity contribution is 7.11. The molecule has 1 aromatic heterocycles. The van der Waals surface area contributed by atoms with E-state index in [1.165, 1.54) is 9.75 Å². The number of thiophene rings is 1. The molecule has 1 heterocycles. The smallest absolute Gasteiger partial charge is 0.0589 e. The summed E-state index contributed by atoms with van der Waals surface area (Å²) in [6, 6.07) is 4.44. The SMILES string of the molecule is CCNCc1ccc(CN(CCOC)CCOC)s1. The standard InChI is InChI=1S/C14H26N2O2S/c1-4-15-11-13-5-6-14(19-13)12-16(7-9-17-2)8-10-18-3/h5-6,15H,4,7-12H2,1-3H3. The van der Waals surface area contributed by atoms with Crippen molar-refractivity contribution in [2.24, 2.45) is 0 Å². The van der Waals surface area contributed by atoms with E-state index in [1.54, 1.807) is 14.2 Å². The van der Waals surface area contributed by atoms with Crippen LogP contribution in [0.1, 0.15) is 16.7 Å². The molecule has 1 rings (SSSR count). The van der Waals surface area contributed by atoms with E-state index in [-0.39, 0.29) is 0 Å². The molecule has 1 N–H and O–H groups in total. The van der Waals surface area contributed by atoms with Crippen molar-refractivity contribution < 1.29 is 9.47 Å².